The van der Waals surface area contributed by atoms with Gasteiger partial charge in [0.25, 0.3) is 0 Å². The minimum absolute atomic E-state index is 0.0387. The number of likely N-dealkylation sites (tertiary alicyclic amines) is 1. The summed E-state index contributed by atoms with van der Waals surface area (Å²) in [5, 5.41) is 14.9. The SMILES string of the molecule is CNC(=O)[C@H]1[C@H]2C(=O)N(CCCCCO)C(C(=O)NCCN3CCOCC3)C23CC(C)[C@]1(C)O3. The average Bonchev–Trinajstić information content (AvgIpc) is 3.33. The van der Waals surface area contributed by atoms with Crippen molar-refractivity contribution in [2.45, 2.75) is 56.8 Å². The zero-order valence-electron chi connectivity index (χ0n) is 20.7. The number of nitrogens with zero attached hydrogens (tertiary/aromatic N) is 2. The third kappa shape index (κ3) is 4.12. The highest BCUT2D eigenvalue weighted by atomic mass is 16.5. The monoisotopic (exact) mass is 480 g/mol. The van der Waals surface area contributed by atoms with Crippen LogP contribution in [-0.4, -0.2) is 109 Å². The summed E-state index contributed by atoms with van der Waals surface area (Å²) >= 11 is 0. The zero-order chi connectivity index (χ0) is 24.5. The van der Waals surface area contributed by atoms with Crippen LogP contribution < -0.4 is 10.6 Å². The number of carbonyl (C=O) groups excluding carboxylic acids is 3. The quantitative estimate of drug-likeness (QED) is 0.356. The Kier molecular flexibility index (Phi) is 7.52. The lowest BCUT2D eigenvalue weighted by atomic mass is 9.62. The number of aliphatic hydroxyl groups excluding tert-OH is 1. The zero-order valence-corrected chi connectivity index (χ0v) is 20.7. The molecule has 34 heavy (non-hydrogen) atoms. The van der Waals surface area contributed by atoms with Crippen LogP contribution in [0.25, 0.3) is 0 Å². The van der Waals surface area contributed by atoms with Crippen LogP contribution in [0.1, 0.15) is 39.5 Å². The predicted molar refractivity (Wildman–Crippen MR) is 124 cm³/mol. The Labute approximate surface area is 201 Å². The average molecular weight is 481 g/mol. The lowest BCUT2D eigenvalue weighted by Crippen LogP contribution is -2.56. The molecule has 0 aromatic carbocycles. The molecule has 4 rings (SSSR count). The van der Waals surface area contributed by atoms with Gasteiger partial charge >= 0.3 is 0 Å². The number of hydrogen-bond acceptors (Lipinski definition) is 7. The maximum absolute atomic E-state index is 13.8. The van der Waals surface area contributed by atoms with Crippen LogP contribution in [0.5, 0.6) is 0 Å². The molecule has 4 aliphatic heterocycles. The van der Waals surface area contributed by atoms with E-state index in [1.54, 1.807) is 11.9 Å². The Bertz CT molecular complexity index is 789. The van der Waals surface area contributed by atoms with E-state index in [9.17, 15) is 14.4 Å². The smallest absolute Gasteiger partial charge is 0.245 e. The van der Waals surface area contributed by atoms with Crippen molar-refractivity contribution < 1.29 is 29.0 Å². The van der Waals surface area contributed by atoms with Crippen LogP contribution in [0.3, 0.4) is 0 Å². The standard InChI is InChI=1S/C24H40N4O6/c1-16-15-24-18(17(20(30)25-3)23(16,2)34-24)22(32)28(8-5-4-6-12-29)19(24)21(31)26-7-9-27-10-13-33-14-11-27/h16-19,29H,4-15H2,1-3H3,(H,25,30)(H,26,31)/t16?,17-,18+,19?,23+,24?/m1/s1. The van der Waals surface area contributed by atoms with Crippen molar-refractivity contribution in [3.63, 3.8) is 0 Å². The molecule has 1 spiro atoms. The van der Waals surface area contributed by atoms with Crippen LogP contribution >= 0.6 is 0 Å². The summed E-state index contributed by atoms with van der Waals surface area (Å²) in [7, 11) is 1.58. The molecule has 3 N–H and O–H groups in total. The molecule has 0 aromatic heterocycles. The fourth-order valence-corrected chi connectivity index (χ4v) is 6.66. The first kappa shape index (κ1) is 25.3. The normalized spacial score (nSPS) is 37.2. The van der Waals surface area contributed by atoms with E-state index < -0.39 is 29.1 Å². The largest absolute Gasteiger partial charge is 0.396 e. The predicted octanol–water partition coefficient (Wildman–Crippen LogP) is -0.646. The Morgan fingerprint density at radius 1 is 1.15 bits per heavy atom. The third-order valence-electron chi connectivity index (χ3n) is 8.48. The molecule has 4 fully saturated rings. The maximum atomic E-state index is 13.8. The first-order chi connectivity index (χ1) is 16.3. The number of ether oxygens (including phenoxy) is 2. The van der Waals surface area contributed by atoms with Crippen LogP contribution in [0, 0.1) is 17.8 Å². The molecule has 4 saturated heterocycles. The summed E-state index contributed by atoms with van der Waals surface area (Å²) in [6.07, 6.45) is 2.67. The molecule has 3 amide bonds. The van der Waals surface area contributed by atoms with Gasteiger partial charge in [0.2, 0.25) is 17.7 Å². The molecule has 6 atom stereocenters. The van der Waals surface area contributed by atoms with Crippen LogP contribution in [-0.2, 0) is 23.9 Å². The van der Waals surface area contributed by atoms with Gasteiger partial charge in [-0.3, -0.25) is 19.3 Å². The lowest BCUT2D eigenvalue weighted by molar-refractivity contribution is -0.147. The number of amides is 3. The summed E-state index contributed by atoms with van der Waals surface area (Å²) < 4.78 is 12.0. The van der Waals surface area contributed by atoms with Crippen molar-refractivity contribution in [1.29, 1.82) is 0 Å². The Balaban J connectivity index is 1.56. The number of unbranched alkanes of at least 4 members (excludes halogenated alkanes) is 2. The minimum atomic E-state index is -0.998. The molecule has 10 heteroatoms. The van der Waals surface area contributed by atoms with Crippen LogP contribution in [0.4, 0.5) is 0 Å². The van der Waals surface area contributed by atoms with Crippen molar-refractivity contribution in [1.82, 2.24) is 20.4 Å². The van der Waals surface area contributed by atoms with Crippen molar-refractivity contribution in [3.8, 4) is 0 Å². The highest BCUT2D eigenvalue weighted by Gasteiger charge is 2.79. The first-order valence-electron chi connectivity index (χ1n) is 12.7. The van der Waals surface area contributed by atoms with Crippen molar-refractivity contribution >= 4 is 17.7 Å². The van der Waals surface area contributed by atoms with E-state index in [2.05, 4.69) is 15.5 Å². The molecule has 4 aliphatic rings. The van der Waals surface area contributed by atoms with E-state index in [-0.39, 0.29) is 30.2 Å². The van der Waals surface area contributed by atoms with Gasteiger partial charge < -0.3 is 30.1 Å². The summed E-state index contributed by atoms with van der Waals surface area (Å²) in [6.45, 7) is 8.75. The fraction of sp³-hybridized carbons (Fsp3) is 0.875. The van der Waals surface area contributed by atoms with Gasteiger partial charge in [-0.15, -0.1) is 0 Å². The Morgan fingerprint density at radius 3 is 2.56 bits per heavy atom. The van der Waals surface area contributed by atoms with Crippen molar-refractivity contribution in [3.05, 3.63) is 0 Å². The number of morpholine rings is 1. The maximum Gasteiger partial charge on any atom is 0.245 e. The van der Waals surface area contributed by atoms with Gasteiger partial charge in [0, 0.05) is 46.4 Å². The molecule has 0 aromatic rings. The number of nitrogens with one attached hydrogen (secondary N) is 2. The summed E-state index contributed by atoms with van der Waals surface area (Å²) in [5.41, 5.74) is -1.78. The van der Waals surface area contributed by atoms with E-state index in [1.807, 2.05) is 13.8 Å². The number of carbonyl (C=O) groups is 3. The highest BCUT2D eigenvalue weighted by Crippen LogP contribution is 2.65. The Morgan fingerprint density at radius 2 is 1.88 bits per heavy atom. The van der Waals surface area contributed by atoms with Crippen molar-refractivity contribution in [2.75, 3.05) is 59.6 Å². The second kappa shape index (κ2) is 10.1. The minimum Gasteiger partial charge on any atom is -0.396 e. The van der Waals surface area contributed by atoms with Crippen molar-refractivity contribution in [2.24, 2.45) is 17.8 Å². The first-order valence-corrected chi connectivity index (χ1v) is 12.7. The van der Waals surface area contributed by atoms with E-state index in [0.29, 0.717) is 45.6 Å². The summed E-state index contributed by atoms with van der Waals surface area (Å²) in [5.74, 6) is -1.83. The van der Waals surface area contributed by atoms with Gasteiger partial charge in [0.1, 0.15) is 11.6 Å². The second-order valence-electron chi connectivity index (χ2n) is 10.4. The highest BCUT2D eigenvalue weighted by molar-refractivity contribution is 5.99. The van der Waals surface area contributed by atoms with Gasteiger partial charge in [-0.25, -0.2) is 0 Å². The number of rotatable bonds is 10. The molecule has 10 nitrogen and oxygen atoms in total. The van der Waals surface area contributed by atoms with Gasteiger partial charge in [0.05, 0.1) is 30.7 Å². The molecule has 0 radical (unpaired) electrons. The number of fused-ring (bicyclic) bond motifs is 1. The summed E-state index contributed by atoms with van der Waals surface area (Å²) in [4.78, 5) is 44.3. The van der Waals surface area contributed by atoms with Gasteiger partial charge in [-0.2, -0.15) is 0 Å². The number of hydrogen-bond donors (Lipinski definition) is 3. The molecule has 2 bridgehead atoms. The molecule has 0 aliphatic carbocycles. The molecule has 192 valence electrons. The third-order valence-corrected chi connectivity index (χ3v) is 8.48. The van der Waals surface area contributed by atoms with Gasteiger partial charge in [-0.05, 0) is 38.5 Å². The topological polar surface area (TPSA) is 120 Å². The van der Waals surface area contributed by atoms with Gasteiger partial charge in [0.15, 0.2) is 0 Å². The molecule has 4 heterocycles. The Hall–Kier alpha value is -1.75. The summed E-state index contributed by atoms with van der Waals surface area (Å²) in [6, 6.07) is -0.761. The molecular weight excluding hydrogens is 440 g/mol. The number of aliphatic hydroxyl groups is 1. The molecule has 3 unspecified atom stereocenters. The van der Waals surface area contributed by atoms with E-state index in [4.69, 9.17) is 14.6 Å². The van der Waals surface area contributed by atoms with E-state index >= 15 is 0 Å². The van der Waals surface area contributed by atoms with Crippen LogP contribution in [0.15, 0.2) is 0 Å². The second-order valence-corrected chi connectivity index (χ2v) is 10.4. The van der Waals surface area contributed by atoms with E-state index in [0.717, 1.165) is 26.1 Å². The lowest BCUT2D eigenvalue weighted by Gasteiger charge is -2.36. The van der Waals surface area contributed by atoms with E-state index in [1.165, 1.54) is 0 Å². The van der Waals surface area contributed by atoms with Gasteiger partial charge in [-0.1, -0.05) is 6.92 Å². The van der Waals surface area contributed by atoms with Crippen LogP contribution in [0.2, 0.25) is 0 Å². The molecular formula is C24H40N4O6. The molecule has 0 saturated carbocycles. The fourth-order valence-electron chi connectivity index (χ4n) is 6.66.